The fourth-order valence-corrected chi connectivity index (χ4v) is 1.47. The molecule has 0 aliphatic heterocycles. The van der Waals surface area contributed by atoms with Crippen LogP contribution in [0.1, 0.15) is 0 Å². The number of nitrogen functional groups attached to an aromatic ring is 1. The van der Waals surface area contributed by atoms with Crippen molar-refractivity contribution in [3.8, 4) is 0 Å². The molecule has 0 spiro atoms. The SMILES string of the molecule is CSc1ncnc2c1ncn2N. The van der Waals surface area contributed by atoms with Crippen LogP contribution in [0.3, 0.4) is 0 Å². The average molecular weight is 181 g/mol. The van der Waals surface area contributed by atoms with E-state index in [2.05, 4.69) is 15.0 Å². The Morgan fingerprint density at radius 1 is 1.42 bits per heavy atom. The van der Waals surface area contributed by atoms with Crippen LogP contribution < -0.4 is 5.84 Å². The van der Waals surface area contributed by atoms with Gasteiger partial charge in [-0.1, -0.05) is 0 Å². The summed E-state index contributed by atoms with van der Waals surface area (Å²) in [6.45, 7) is 0. The Hall–Kier alpha value is -1.30. The number of imidazole rings is 1. The average Bonchev–Trinajstić information content (AvgIpc) is 2.48. The molecule has 12 heavy (non-hydrogen) atoms. The molecule has 0 atom stereocenters. The molecule has 0 radical (unpaired) electrons. The van der Waals surface area contributed by atoms with Crippen LogP contribution in [-0.4, -0.2) is 25.9 Å². The van der Waals surface area contributed by atoms with Crippen molar-refractivity contribution in [3.63, 3.8) is 0 Å². The van der Waals surface area contributed by atoms with Gasteiger partial charge in [0, 0.05) is 0 Å². The van der Waals surface area contributed by atoms with Gasteiger partial charge in [-0.3, -0.25) is 0 Å². The Morgan fingerprint density at radius 3 is 3.00 bits per heavy atom. The van der Waals surface area contributed by atoms with Gasteiger partial charge in [-0.25, -0.2) is 19.6 Å². The molecule has 0 saturated heterocycles. The molecule has 2 aromatic heterocycles. The lowest BCUT2D eigenvalue weighted by Gasteiger charge is -1.95. The minimum Gasteiger partial charge on any atom is -0.336 e. The predicted molar refractivity (Wildman–Crippen MR) is 47.3 cm³/mol. The van der Waals surface area contributed by atoms with E-state index in [9.17, 15) is 0 Å². The van der Waals surface area contributed by atoms with Crippen molar-refractivity contribution >= 4 is 22.9 Å². The predicted octanol–water partition coefficient (Wildman–Crippen LogP) is 0.262. The van der Waals surface area contributed by atoms with E-state index in [1.165, 1.54) is 29.1 Å². The number of rotatable bonds is 1. The van der Waals surface area contributed by atoms with Crippen LogP contribution in [0, 0.1) is 0 Å². The van der Waals surface area contributed by atoms with Crippen molar-refractivity contribution in [2.24, 2.45) is 0 Å². The number of aromatic nitrogens is 4. The maximum absolute atomic E-state index is 5.55. The maximum Gasteiger partial charge on any atom is 0.182 e. The van der Waals surface area contributed by atoms with E-state index in [0.29, 0.717) is 5.65 Å². The van der Waals surface area contributed by atoms with Gasteiger partial charge in [0.25, 0.3) is 0 Å². The van der Waals surface area contributed by atoms with Crippen molar-refractivity contribution in [2.45, 2.75) is 5.03 Å². The Bertz CT molecular complexity index is 409. The highest BCUT2D eigenvalue weighted by molar-refractivity contribution is 7.98. The van der Waals surface area contributed by atoms with Crippen molar-refractivity contribution in [1.82, 2.24) is 19.6 Å². The topological polar surface area (TPSA) is 69.6 Å². The molecule has 0 unspecified atom stereocenters. The third-order valence-corrected chi connectivity index (χ3v) is 2.20. The summed E-state index contributed by atoms with van der Waals surface area (Å²) < 4.78 is 1.39. The van der Waals surface area contributed by atoms with Gasteiger partial charge in [0.2, 0.25) is 0 Å². The van der Waals surface area contributed by atoms with Gasteiger partial charge < -0.3 is 5.84 Å². The number of nitrogens with zero attached hydrogens (tertiary/aromatic N) is 4. The van der Waals surface area contributed by atoms with Crippen LogP contribution in [-0.2, 0) is 0 Å². The summed E-state index contributed by atoms with van der Waals surface area (Å²) >= 11 is 1.53. The van der Waals surface area contributed by atoms with E-state index in [1.54, 1.807) is 0 Å². The van der Waals surface area contributed by atoms with E-state index in [0.717, 1.165) is 10.5 Å². The first-order valence-electron chi connectivity index (χ1n) is 3.30. The molecule has 5 nitrogen and oxygen atoms in total. The summed E-state index contributed by atoms with van der Waals surface area (Å²) in [5.41, 5.74) is 1.42. The second-order valence-electron chi connectivity index (χ2n) is 2.21. The van der Waals surface area contributed by atoms with Gasteiger partial charge in [-0.15, -0.1) is 11.8 Å². The fraction of sp³-hybridized carbons (Fsp3) is 0.167. The molecule has 2 heterocycles. The first-order chi connectivity index (χ1) is 5.83. The van der Waals surface area contributed by atoms with E-state index in [1.807, 2.05) is 6.26 Å². The van der Waals surface area contributed by atoms with E-state index in [-0.39, 0.29) is 0 Å². The van der Waals surface area contributed by atoms with Gasteiger partial charge in [-0.05, 0) is 6.26 Å². The zero-order chi connectivity index (χ0) is 8.55. The first-order valence-corrected chi connectivity index (χ1v) is 4.52. The van der Waals surface area contributed by atoms with Crippen LogP contribution >= 0.6 is 11.8 Å². The third-order valence-electron chi connectivity index (χ3n) is 1.52. The van der Waals surface area contributed by atoms with Gasteiger partial charge in [-0.2, -0.15) is 0 Å². The summed E-state index contributed by atoms with van der Waals surface area (Å²) in [4.78, 5) is 12.1. The van der Waals surface area contributed by atoms with Crippen LogP contribution in [0.2, 0.25) is 0 Å². The molecule has 62 valence electrons. The first kappa shape index (κ1) is 7.35. The van der Waals surface area contributed by atoms with Crippen molar-refractivity contribution in [1.29, 1.82) is 0 Å². The van der Waals surface area contributed by atoms with Crippen LogP contribution in [0.15, 0.2) is 17.7 Å². The summed E-state index contributed by atoms with van der Waals surface area (Å²) in [5.74, 6) is 5.55. The van der Waals surface area contributed by atoms with E-state index in [4.69, 9.17) is 5.84 Å². The standard InChI is InChI=1S/C6H7N5S/c1-12-6-4-5(8-2-9-6)11(7)3-10-4/h2-3H,7H2,1H3. The molecule has 0 aromatic carbocycles. The largest absolute Gasteiger partial charge is 0.336 e. The summed E-state index contributed by atoms with van der Waals surface area (Å²) in [6, 6.07) is 0. The minimum atomic E-state index is 0.661. The lowest BCUT2D eigenvalue weighted by atomic mass is 10.6. The Balaban J connectivity index is 2.81. The molecule has 6 heteroatoms. The van der Waals surface area contributed by atoms with Gasteiger partial charge in [0.1, 0.15) is 23.2 Å². The number of hydrogen-bond donors (Lipinski definition) is 1. The Kier molecular flexibility index (Phi) is 1.61. The van der Waals surface area contributed by atoms with Crippen molar-refractivity contribution in [2.75, 3.05) is 12.1 Å². The molecule has 2 N–H and O–H groups in total. The fourth-order valence-electron chi connectivity index (χ4n) is 0.980. The molecule has 0 saturated carbocycles. The molecule has 0 bridgehead atoms. The van der Waals surface area contributed by atoms with E-state index < -0.39 is 0 Å². The normalized spacial score (nSPS) is 10.8. The highest BCUT2D eigenvalue weighted by atomic mass is 32.2. The molecular formula is C6H7N5S. The summed E-state index contributed by atoms with van der Waals surface area (Å²) in [6.07, 6.45) is 4.95. The zero-order valence-electron chi connectivity index (χ0n) is 6.43. The monoisotopic (exact) mass is 181 g/mol. The van der Waals surface area contributed by atoms with Crippen molar-refractivity contribution < 1.29 is 0 Å². The number of fused-ring (bicyclic) bond motifs is 1. The zero-order valence-corrected chi connectivity index (χ0v) is 7.25. The van der Waals surface area contributed by atoms with Crippen molar-refractivity contribution in [3.05, 3.63) is 12.7 Å². The van der Waals surface area contributed by atoms with Crippen LogP contribution in [0.5, 0.6) is 0 Å². The number of thioether (sulfide) groups is 1. The molecular weight excluding hydrogens is 174 g/mol. The summed E-state index contributed by atoms with van der Waals surface area (Å²) in [5, 5.41) is 0.851. The van der Waals surface area contributed by atoms with Gasteiger partial charge in [0.15, 0.2) is 5.65 Å². The third kappa shape index (κ3) is 0.918. The molecule has 2 rings (SSSR count). The lowest BCUT2D eigenvalue weighted by molar-refractivity contribution is 1.00. The molecule has 0 amide bonds. The molecule has 0 aliphatic carbocycles. The minimum absolute atomic E-state index is 0.661. The lowest BCUT2D eigenvalue weighted by Crippen LogP contribution is -2.06. The molecule has 2 aromatic rings. The Morgan fingerprint density at radius 2 is 2.25 bits per heavy atom. The van der Waals surface area contributed by atoms with Gasteiger partial charge in [0.05, 0.1) is 0 Å². The second-order valence-corrected chi connectivity index (χ2v) is 3.00. The number of nitrogens with two attached hydrogens (primary N) is 1. The highest BCUT2D eigenvalue weighted by Gasteiger charge is 2.06. The Labute approximate surface area is 73.0 Å². The maximum atomic E-state index is 5.55. The van der Waals surface area contributed by atoms with Crippen LogP contribution in [0.25, 0.3) is 11.2 Å². The second kappa shape index (κ2) is 2.63. The quantitative estimate of drug-likeness (QED) is 0.388. The van der Waals surface area contributed by atoms with Crippen LogP contribution in [0.4, 0.5) is 0 Å². The van der Waals surface area contributed by atoms with Gasteiger partial charge >= 0.3 is 0 Å². The van der Waals surface area contributed by atoms with E-state index >= 15 is 0 Å². The molecule has 0 aliphatic rings. The summed E-state index contributed by atoms with van der Waals surface area (Å²) in [7, 11) is 0. The molecule has 0 fully saturated rings. The smallest absolute Gasteiger partial charge is 0.182 e. The highest BCUT2D eigenvalue weighted by Crippen LogP contribution is 2.19. The number of hydrogen-bond acceptors (Lipinski definition) is 5.